The molecule has 17 nitrogen and oxygen atoms in total. The van der Waals surface area contributed by atoms with Gasteiger partial charge < -0.3 is 68.6 Å². The second-order valence-electron chi connectivity index (χ2n) is 11.3. The first-order chi connectivity index (χ1) is 22.6. The second-order valence-corrected chi connectivity index (χ2v) is 11.3. The van der Waals surface area contributed by atoms with Gasteiger partial charge in [0.25, 0.3) is 0 Å². The van der Waals surface area contributed by atoms with Crippen molar-refractivity contribution in [3.05, 3.63) is 46.6 Å². The van der Waals surface area contributed by atoms with Crippen molar-refractivity contribution in [3.63, 3.8) is 0 Å². The summed E-state index contributed by atoms with van der Waals surface area (Å²) in [5.74, 6) is -2.39. The summed E-state index contributed by atoms with van der Waals surface area (Å²) >= 11 is 0. The zero-order chi connectivity index (χ0) is 35.0. The van der Waals surface area contributed by atoms with Crippen LogP contribution in [-0.4, -0.2) is 116 Å². The number of hydrogen-bond acceptors (Lipinski definition) is 17. The van der Waals surface area contributed by atoms with Gasteiger partial charge in [-0.2, -0.15) is 0 Å². The van der Waals surface area contributed by atoms with Crippen LogP contribution in [0.4, 0.5) is 0 Å². The van der Waals surface area contributed by atoms with E-state index >= 15 is 0 Å². The van der Waals surface area contributed by atoms with Crippen molar-refractivity contribution >= 4 is 22.9 Å². The molecule has 7 N–H and O–H groups in total. The number of rotatable bonds is 8. The lowest BCUT2D eigenvalue weighted by Crippen LogP contribution is -2.61. The molecule has 2 saturated heterocycles. The lowest BCUT2D eigenvalue weighted by atomic mass is 9.98. The first-order valence-electron chi connectivity index (χ1n) is 14.6. The lowest BCUT2D eigenvalue weighted by molar-refractivity contribution is -0.318. The summed E-state index contributed by atoms with van der Waals surface area (Å²) in [6.45, 7) is 3.21. The van der Waals surface area contributed by atoms with Crippen LogP contribution < -0.4 is 19.6 Å². The highest BCUT2D eigenvalue weighted by atomic mass is 16.7. The lowest BCUT2D eigenvalue weighted by Gasteiger charge is -2.42. The maximum Gasteiger partial charge on any atom is 0.308 e. The third-order valence-corrected chi connectivity index (χ3v) is 7.67. The molecule has 2 aliphatic rings. The molecule has 0 radical (unpaired) electrons. The Kier molecular flexibility index (Phi) is 10.3. The van der Waals surface area contributed by atoms with E-state index in [4.69, 9.17) is 32.8 Å². The topological polar surface area (TPSA) is 261 Å². The van der Waals surface area contributed by atoms with E-state index in [1.165, 1.54) is 31.2 Å². The summed E-state index contributed by atoms with van der Waals surface area (Å²) in [5.41, 5.74) is -0.631. The van der Waals surface area contributed by atoms with Gasteiger partial charge in [-0.3, -0.25) is 14.4 Å². The molecule has 1 aromatic heterocycles. The van der Waals surface area contributed by atoms with E-state index < -0.39 is 91.1 Å². The van der Waals surface area contributed by atoms with Crippen molar-refractivity contribution in [2.24, 2.45) is 0 Å². The monoisotopic (exact) mass is 678 g/mol. The summed E-state index contributed by atoms with van der Waals surface area (Å²) in [5, 5.41) is 72.2. The van der Waals surface area contributed by atoms with Gasteiger partial charge in [-0.15, -0.1) is 0 Å². The minimum atomic E-state index is -1.82. The molecule has 0 bridgehead atoms. The van der Waals surface area contributed by atoms with Gasteiger partial charge in [0.05, 0.1) is 12.7 Å². The number of aromatic hydroxyl groups is 1. The average molecular weight is 679 g/mol. The van der Waals surface area contributed by atoms with E-state index in [9.17, 15) is 50.1 Å². The normalized spacial score (nSPS) is 30.5. The van der Waals surface area contributed by atoms with Gasteiger partial charge in [-0.25, -0.2) is 0 Å². The number of phenolic OH excluding ortho intramolecular Hbond substituents is 1. The molecule has 0 spiro atoms. The van der Waals surface area contributed by atoms with Crippen LogP contribution in [0.15, 0.2) is 45.6 Å². The second kappa shape index (κ2) is 14.1. The van der Waals surface area contributed by atoms with E-state index in [-0.39, 0.29) is 39.5 Å². The van der Waals surface area contributed by atoms with Crippen LogP contribution in [0.1, 0.15) is 20.8 Å². The summed E-state index contributed by atoms with van der Waals surface area (Å²) in [6, 6.07) is 7.35. The molecule has 0 unspecified atom stereocenters. The van der Waals surface area contributed by atoms with Crippen LogP contribution in [0.3, 0.4) is 0 Å². The number of hydrogen-bond donors (Lipinski definition) is 7. The number of aliphatic hydroxyl groups excluding tert-OH is 6. The fourth-order valence-electron chi connectivity index (χ4n) is 5.22. The molecule has 3 heterocycles. The summed E-state index contributed by atoms with van der Waals surface area (Å²) in [7, 11) is 0. The highest BCUT2D eigenvalue weighted by molar-refractivity contribution is 5.86. The van der Waals surface area contributed by atoms with Gasteiger partial charge in [-0.1, -0.05) is 0 Å². The molecule has 2 fully saturated rings. The number of aliphatic hydroxyl groups is 6. The highest BCUT2D eigenvalue weighted by Gasteiger charge is 2.47. The Morgan fingerprint density at radius 2 is 1.42 bits per heavy atom. The van der Waals surface area contributed by atoms with Gasteiger partial charge >= 0.3 is 11.9 Å². The van der Waals surface area contributed by atoms with Crippen LogP contribution in [0, 0.1) is 0 Å². The van der Waals surface area contributed by atoms with Crippen molar-refractivity contribution in [2.75, 3.05) is 6.61 Å². The zero-order valence-electron chi connectivity index (χ0n) is 25.7. The Hall–Kier alpha value is -4.17. The van der Waals surface area contributed by atoms with Gasteiger partial charge in [-0.05, 0) is 25.1 Å². The van der Waals surface area contributed by atoms with Gasteiger partial charge in [0, 0.05) is 37.6 Å². The van der Waals surface area contributed by atoms with Crippen LogP contribution in [-0.2, 0) is 23.8 Å². The number of phenols is 1. The quantitative estimate of drug-likeness (QED) is 0.112. The molecule has 2 aliphatic heterocycles. The zero-order valence-corrected chi connectivity index (χ0v) is 25.7. The average Bonchev–Trinajstić information content (AvgIpc) is 3.01. The molecular formula is C31H34O17. The SMILES string of the molecule is CC(=O)Oc1ccc(-c2cc(=O)c3c(O)cc(O[C@@H]4O[C@H](CO[C@@H]5O[C@@H](C)[C@H](O)[C@@H](O)[C@H]5O)[C@@H](O)[C@H](O)[C@H]4O)cc3o2)cc1OC(C)=O. The first-order valence-corrected chi connectivity index (χ1v) is 14.6. The van der Waals surface area contributed by atoms with Crippen molar-refractivity contribution < 1.29 is 78.2 Å². The molecular weight excluding hydrogens is 644 g/mol. The molecule has 10 atom stereocenters. The summed E-state index contributed by atoms with van der Waals surface area (Å²) in [4.78, 5) is 36.1. The molecule has 17 heteroatoms. The number of carbonyl (C=O) groups excluding carboxylic acids is 2. The van der Waals surface area contributed by atoms with Gasteiger partial charge in [0.1, 0.15) is 71.0 Å². The number of carbonyl (C=O) groups is 2. The van der Waals surface area contributed by atoms with Crippen molar-refractivity contribution in [1.82, 2.24) is 0 Å². The van der Waals surface area contributed by atoms with E-state index in [0.29, 0.717) is 0 Å². The van der Waals surface area contributed by atoms with Crippen molar-refractivity contribution in [2.45, 2.75) is 82.2 Å². The molecule has 48 heavy (non-hydrogen) atoms. The molecule has 2 aromatic carbocycles. The van der Waals surface area contributed by atoms with Crippen molar-refractivity contribution in [3.8, 4) is 34.3 Å². The summed E-state index contributed by atoms with van der Waals surface area (Å²) in [6.07, 6.45) is -15.4. The fraction of sp³-hybridized carbons (Fsp3) is 0.452. The molecule has 3 aromatic rings. The maximum absolute atomic E-state index is 13.0. The molecule has 0 saturated carbocycles. The smallest absolute Gasteiger partial charge is 0.308 e. The fourth-order valence-corrected chi connectivity index (χ4v) is 5.22. The Labute approximate surface area is 271 Å². The number of esters is 2. The number of ether oxygens (including phenoxy) is 6. The van der Waals surface area contributed by atoms with Crippen LogP contribution in [0.5, 0.6) is 23.0 Å². The van der Waals surface area contributed by atoms with E-state index in [0.717, 1.165) is 26.0 Å². The van der Waals surface area contributed by atoms with Crippen LogP contribution in [0.2, 0.25) is 0 Å². The predicted molar refractivity (Wildman–Crippen MR) is 158 cm³/mol. The molecule has 260 valence electrons. The molecule has 5 rings (SSSR count). The van der Waals surface area contributed by atoms with E-state index in [1.54, 1.807) is 0 Å². The Morgan fingerprint density at radius 3 is 2.10 bits per heavy atom. The number of benzene rings is 2. The molecule has 0 aliphatic carbocycles. The Balaban J connectivity index is 1.39. The van der Waals surface area contributed by atoms with E-state index in [1.807, 2.05) is 0 Å². The Bertz CT molecular complexity index is 1720. The minimum absolute atomic E-state index is 0.0457. The third kappa shape index (κ3) is 7.29. The maximum atomic E-state index is 13.0. The Morgan fingerprint density at radius 1 is 0.771 bits per heavy atom. The summed E-state index contributed by atoms with van der Waals surface area (Å²) < 4.78 is 38.2. The highest BCUT2D eigenvalue weighted by Crippen LogP contribution is 2.36. The van der Waals surface area contributed by atoms with Gasteiger partial charge in [0.2, 0.25) is 6.29 Å². The van der Waals surface area contributed by atoms with Crippen LogP contribution >= 0.6 is 0 Å². The number of fused-ring (bicyclic) bond motifs is 1. The van der Waals surface area contributed by atoms with E-state index in [2.05, 4.69) is 0 Å². The third-order valence-electron chi connectivity index (χ3n) is 7.67. The largest absolute Gasteiger partial charge is 0.507 e. The standard InChI is InChI=1S/C31H34O17/c1-11-24(36)26(38)28(40)30(43-11)42-10-22-25(37)27(39)29(41)31(48-22)46-15-7-16(34)23-17(35)9-19(47-21(23)8-15)14-4-5-18(44-12(2)32)20(6-14)45-13(3)33/h4-9,11,22,24-31,34,36-41H,10H2,1-3H3/t11-,22+,24-,25+,26+,27-,28+,29+,30+,31+/m0/s1. The van der Waals surface area contributed by atoms with Gasteiger partial charge in [0.15, 0.2) is 23.2 Å². The molecule has 0 amide bonds. The predicted octanol–water partition coefficient (Wildman–Crippen LogP) is -0.953. The minimum Gasteiger partial charge on any atom is -0.507 e. The van der Waals surface area contributed by atoms with Crippen molar-refractivity contribution in [1.29, 1.82) is 0 Å². The van der Waals surface area contributed by atoms with Crippen LogP contribution in [0.25, 0.3) is 22.3 Å². The first kappa shape index (κ1) is 35.1.